The van der Waals surface area contributed by atoms with E-state index in [-0.39, 0.29) is 0 Å². The van der Waals surface area contributed by atoms with Crippen molar-refractivity contribution in [3.8, 4) is 17.2 Å². The molecule has 8 nitrogen and oxygen atoms in total. The highest BCUT2D eigenvalue weighted by Gasteiger charge is 2.17. The molecule has 4 aromatic rings. The van der Waals surface area contributed by atoms with Crippen LogP contribution in [-0.4, -0.2) is 54.1 Å². The molecule has 2 N–H and O–H groups in total. The average molecular weight is 464 g/mol. The molecule has 174 valence electrons. The van der Waals surface area contributed by atoms with Gasteiger partial charge in [0.1, 0.15) is 0 Å². The number of nitrogens with zero attached hydrogens (tertiary/aromatic N) is 5. The molecule has 1 aliphatic heterocycles. The number of carbonyl (C=O) groups excluding carboxylic acids is 1. The van der Waals surface area contributed by atoms with Crippen LogP contribution in [0.25, 0.3) is 22.0 Å². The maximum Gasteiger partial charge on any atom is 0.323 e. The number of aromatic nitrogens is 2. The molecule has 0 unspecified atom stereocenters. The topological polar surface area (TPSA) is 97.2 Å². The van der Waals surface area contributed by atoms with Crippen LogP contribution < -0.4 is 15.5 Å². The third kappa shape index (κ3) is 4.90. The number of urea groups is 1. The number of fused-ring (bicyclic) bond motifs is 1. The fourth-order valence-corrected chi connectivity index (χ4v) is 4.32. The average Bonchev–Trinajstić information content (AvgIpc) is 2.89. The Labute approximate surface area is 203 Å². The van der Waals surface area contributed by atoms with Gasteiger partial charge in [0.25, 0.3) is 0 Å². The summed E-state index contributed by atoms with van der Waals surface area (Å²) in [6, 6.07) is 18.8. The molecule has 2 aromatic heterocycles. The van der Waals surface area contributed by atoms with E-state index >= 15 is 0 Å². The van der Waals surface area contributed by atoms with Gasteiger partial charge in [-0.2, -0.15) is 5.26 Å². The van der Waals surface area contributed by atoms with Crippen LogP contribution in [0, 0.1) is 11.3 Å². The molecular formula is C27H25N7O. The summed E-state index contributed by atoms with van der Waals surface area (Å²) in [5, 5.41) is 16.3. The molecular weight excluding hydrogens is 438 g/mol. The zero-order chi connectivity index (χ0) is 24.2. The summed E-state index contributed by atoms with van der Waals surface area (Å²) in [6.45, 7) is 3.92. The number of hydrogen-bond acceptors (Lipinski definition) is 6. The molecule has 0 saturated carbocycles. The SMILES string of the molecule is CN1CCN(c2cccc3ncc(NC(=O)Nc4ccc(-c5ccncc5)c(C#N)c4)cc23)CC1. The maximum absolute atomic E-state index is 12.7. The second-order valence-corrected chi connectivity index (χ2v) is 8.55. The van der Waals surface area contributed by atoms with E-state index in [0.717, 1.165) is 53.9 Å². The van der Waals surface area contributed by atoms with Crippen molar-refractivity contribution < 1.29 is 4.79 Å². The van der Waals surface area contributed by atoms with Crippen LogP contribution in [-0.2, 0) is 0 Å². The Balaban J connectivity index is 1.34. The first-order valence-electron chi connectivity index (χ1n) is 11.5. The van der Waals surface area contributed by atoms with Gasteiger partial charge in [-0.25, -0.2) is 4.79 Å². The Hall–Kier alpha value is -4.48. The van der Waals surface area contributed by atoms with E-state index in [9.17, 15) is 10.1 Å². The van der Waals surface area contributed by atoms with Crippen LogP contribution >= 0.6 is 0 Å². The third-order valence-electron chi connectivity index (χ3n) is 6.19. The van der Waals surface area contributed by atoms with E-state index in [1.54, 1.807) is 30.7 Å². The Morgan fingerprint density at radius 1 is 0.971 bits per heavy atom. The zero-order valence-electron chi connectivity index (χ0n) is 19.4. The molecule has 1 saturated heterocycles. The van der Waals surface area contributed by atoms with Gasteiger partial charge in [-0.15, -0.1) is 0 Å². The van der Waals surface area contributed by atoms with Crippen LogP contribution in [0.4, 0.5) is 21.9 Å². The second kappa shape index (κ2) is 9.79. The van der Waals surface area contributed by atoms with E-state index in [1.165, 1.54) is 0 Å². The highest BCUT2D eigenvalue weighted by atomic mass is 16.2. The minimum atomic E-state index is -0.399. The van der Waals surface area contributed by atoms with Crippen molar-refractivity contribution in [2.75, 3.05) is 48.8 Å². The molecule has 0 bridgehead atoms. The van der Waals surface area contributed by atoms with E-state index in [0.29, 0.717) is 16.9 Å². The van der Waals surface area contributed by atoms with Gasteiger partial charge in [-0.05, 0) is 60.6 Å². The lowest BCUT2D eigenvalue weighted by atomic mass is 10.0. The predicted molar refractivity (Wildman–Crippen MR) is 138 cm³/mol. The molecule has 2 amide bonds. The molecule has 0 spiro atoms. The summed E-state index contributed by atoms with van der Waals surface area (Å²) in [6.07, 6.45) is 5.02. The van der Waals surface area contributed by atoms with Gasteiger partial charge in [0.15, 0.2) is 0 Å². The lowest BCUT2D eigenvalue weighted by molar-refractivity contribution is 0.262. The van der Waals surface area contributed by atoms with Gasteiger partial charge in [0, 0.05) is 55.3 Å². The summed E-state index contributed by atoms with van der Waals surface area (Å²) in [5.41, 5.74) is 5.30. The number of amides is 2. The molecule has 5 rings (SSSR count). The molecule has 0 radical (unpaired) electrons. The van der Waals surface area contributed by atoms with E-state index in [1.807, 2.05) is 36.4 Å². The Bertz CT molecular complexity index is 1410. The molecule has 2 aromatic carbocycles. The summed E-state index contributed by atoms with van der Waals surface area (Å²) in [4.78, 5) is 26.0. The molecule has 35 heavy (non-hydrogen) atoms. The lowest BCUT2D eigenvalue weighted by Crippen LogP contribution is -2.44. The van der Waals surface area contributed by atoms with Crippen molar-refractivity contribution in [2.45, 2.75) is 0 Å². The molecule has 1 aliphatic rings. The van der Waals surface area contributed by atoms with Gasteiger partial charge in [-0.1, -0.05) is 12.1 Å². The highest BCUT2D eigenvalue weighted by Crippen LogP contribution is 2.29. The number of likely N-dealkylation sites (N-methyl/N-ethyl adjacent to an activating group) is 1. The van der Waals surface area contributed by atoms with Gasteiger partial charge in [0.05, 0.1) is 29.0 Å². The number of nitrogens with one attached hydrogen (secondary N) is 2. The van der Waals surface area contributed by atoms with Gasteiger partial charge in [0.2, 0.25) is 0 Å². The number of pyridine rings is 2. The third-order valence-corrected chi connectivity index (χ3v) is 6.19. The summed E-state index contributed by atoms with van der Waals surface area (Å²) >= 11 is 0. The standard InChI is InChI=1S/C27H25N7O/c1-33-11-13-34(14-12-33)26-4-2-3-25-24(26)16-22(18-30-25)32-27(35)31-21-5-6-23(20(15-21)17-28)19-7-9-29-10-8-19/h2-10,15-16,18H,11-14H2,1H3,(H2,31,32,35). The summed E-state index contributed by atoms with van der Waals surface area (Å²) in [5.74, 6) is 0. The first-order valence-corrected chi connectivity index (χ1v) is 11.5. The molecule has 0 aliphatic carbocycles. The zero-order valence-corrected chi connectivity index (χ0v) is 19.4. The van der Waals surface area contributed by atoms with Crippen molar-refractivity contribution in [1.82, 2.24) is 14.9 Å². The summed E-state index contributed by atoms with van der Waals surface area (Å²) in [7, 11) is 2.13. The van der Waals surface area contributed by atoms with E-state index in [2.05, 4.69) is 49.6 Å². The number of piperazine rings is 1. The Kier molecular flexibility index (Phi) is 6.24. The molecule has 8 heteroatoms. The van der Waals surface area contributed by atoms with Gasteiger partial charge in [-0.3, -0.25) is 9.97 Å². The molecule has 1 fully saturated rings. The highest BCUT2D eigenvalue weighted by molar-refractivity contribution is 6.02. The second-order valence-electron chi connectivity index (χ2n) is 8.55. The van der Waals surface area contributed by atoms with Crippen LogP contribution in [0.2, 0.25) is 0 Å². The first-order chi connectivity index (χ1) is 17.1. The lowest BCUT2D eigenvalue weighted by Gasteiger charge is -2.34. The number of carbonyl (C=O) groups is 1. The monoisotopic (exact) mass is 463 g/mol. The number of nitriles is 1. The normalized spacial score (nSPS) is 13.9. The van der Waals surface area contributed by atoms with Crippen LogP contribution in [0.1, 0.15) is 5.56 Å². The van der Waals surface area contributed by atoms with E-state index < -0.39 is 6.03 Å². The number of benzene rings is 2. The van der Waals surface area contributed by atoms with Crippen molar-refractivity contribution >= 4 is 34.0 Å². The fraction of sp³-hybridized carbons (Fsp3) is 0.185. The van der Waals surface area contributed by atoms with Crippen molar-refractivity contribution in [3.63, 3.8) is 0 Å². The fourth-order valence-electron chi connectivity index (χ4n) is 4.32. The minimum absolute atomic E-state index is 0.399. The van der Waals surface area contributed by atoms with Gasteiger partial charge >= 0.3 is 6.03 Å². The Morgan fingerprint density at radius 2 is 1.74 bits per heavy atom. The Morgan fingerprint density at radius 3 is 2.51 bits per heavy atom. The van der Waals surface area contributed by atoms with E-state index in [4.69, 9.17) is 0 Å². The summed E-state index contributed by atoms with van der Waals surface area (Å²) < 4.78 is 0. The minimum Gasteiger partial charge on any atom is -0.368 e. The van der Waals surface area contributed by atoms with Crippen molar-refractivity contribution in [2.24, 2.45) is 0 Å². The molecule has 3 heterocycles. The van der Waals surface area contributed by atoms with Crippen LogP contribution in [0.5, 0.6) is 0 Å². The van der Waals surface area contributed by atoms with Crippen molar-refractivity contribution in [3.05, 3.63) is 78.8 Å². The number of rotatable bonds is 4. The predicted octanol–water partition coefficient (Wildman–Crippen LogP) is 4.56. The quantitative estimate of drug-likeness (QED) is 0.460. The largest absolute Gasteiger partial charge is 0.368 e. The number of hydrogen-bond donors (Lipinski definition) is 2. The first kappa shape index (κ1) is 22.3. The van der Waals surface area contributed by atoms with Crippen molar-refractivity contribution in [1.29, 1.82) is 5.26 Å². The number of anilines is 3. The van der Waals surface area contributed by atoms with Gasteiger partial charge < -0.3 is 20.4 Å². The van der Waals surface area contributed by atoms with Crippen LogP contribution in [0.15, 0.2) is 73.2 Å². The van der Waals surface area contributed by atoms with Crippen LogP contribution in [0.3, 0.4) is 0 Å². The molecule has 0 atom stereocenters. The maximum atomic E-state index is 12.7. The smallest absolute Gasteiger partial charge is 0.323 e.